The molecule has 3 aliphatic carbocycles. The quantitative estimate of drug-likeness (QED) is 0.517. The number of rotatable bonds is 8. The number of fused-ring (bicyclic) bond motifs is 4. The van der Waals surface area contributed by atoms with Crippen LogP contribution in [-0.2, 0) is 14.9 Å². The van der Waals surface area contributed by atoms with Crippen LogP contribution in [0.1, 0.15) is 63.4 Å². The van der Waals surface area contributed by atoms with Gasteiger partial charge < -0.3 is 25.2 Å². The molecule has 1 aliphatic heterocycles. The monoisotopic (exact) mass is 474 g/mol. The van der Waals surface area contributed by atoms with Crippen LogP contribution >= 0.6 is 0 Å². The summed E-state index contributed by atoms with van der Waals surface area (Å²) in [6.45, 7) is 1.32. The fraction of sp³-hybridized carbons (Fsp3) is 0.615. The summed E-state index contributed by atoms with van der Waals surface area (Å²) in [7, 11) is 0. The van der Waals surface area contributed by atoms with Gasteiger partial charge in [-0.25, -0.2) is 9.18 Å². The van der Waals surface area contributed by atoms with E-state index in [0.29, 0.717) is 12.1 Å². The lowest BCUT2D eigenvalue weighted by Crippen LogP contribution is -2.49. The van der Waals surface area contributed by atoms with E-state index < -0.39 is 6.09 Å². The maximum atomic E-state index is 13.3. The smallest absolute Gasteiger partial charge is 0.404 e. The molecule has 4 aliphatic rings. The zero-order valence-electron chi connectivity index (χ0n) is 19.6. The van der Waals surface area contributed by atoms with E-state index >= 15 is 0 Å². The average Bonchev–Trinajstić information content (AvgIpc) is 3.17. The van der Waals surface area contributed by atoms with E-state index in [1.165, 1.54) is 5.56 Å². The second-order valence-corrected chi connectivity index (χ2v) is 10.0. The third-order valence-electron chi connectivity index (χ3n) is 8.02. The molecule has 0 radical (unpaired) electrons. The van der Waals surface area contributed by atoms with Gasteiger partial charge in [-0.2, -0.15) is 0 Å². The van der Waals surface area contributed by atoms with Gasteiger partial charge in [0.15, 0.2) is 0 Å². The number of carbonyl (C=O) groups excluding carboxylic acids is 1. The maximum absolute atomic E-state index is 13.3. The third-order valence-corrected chi connectivity index (χ3v) is 8.02. The van der Waals surface area contributed by atoms with Crippen molar-refractivity contribution in [2.75, 3.05) is 26.4 Å². The Morgan fingerprint density at radius 3 is 2.44 bits per heavy atom. The van der Waals surface area contributed by atoms with E-state index in [4.69, 9.17) is 14.6 Å². The lowest BCUT2D eigenvalue weighted by molar-refractivity contribution is -0.134. The Balaban J connectivity index is 1.35. The largest absolute Gasteiger partial charge is 0.489 e. The highest BCUT2D eigenvalue weighted by Gasteiger charge is 2.50. The van der Waals surface area contributed by atoms with Crippen LogP contribution in [0.2, 0.25) is 0 Å². The Hall–Kier alpha value is -2.61. The average molecular weight is 475 g/mol. The number of ether oxygens (including phenoxy) is 2. The highest BCUT2D eigenvalue weighted by molar-refractivity contribution is 5.83. The summed E-state index contributed by atoms with van der Waals surface area (Å²) < 4.78 is 24.0. The lowest BCUT2D eigenvalue weighted by atomic mass is 9.62. The van der Waals surface area contributed by atoms with Crippen LogP contribution in [0, 0.1) is 5.41 Å². The van der Waals surface area contributed by atoms with Gasteiger partial charge in [-0.3, -0.25) is 4.79 Å². The Kier molecular flexibility index (Phi) is 7.76. The topological polar surface area (TPSA) is 96.9 Å². The number of carboxylic acid groups (broad SMARTS) is 1. The molecule has 0 unspecified atom stereocenters. The van der Waals surface area contributed by atoms with E-state index in [9.17, 15) is 14.0 Å². The van der Waals surface area contributed by atoms with Gasteiger partial charge in [0.1, 0.15) is 12.4 Å². The molecule has 0 atom stereocenters. The first-order chi connectivity index (χ1) is 16.4. The highest BCUT2D eigenvalue weighted by Crippen LogP contribution is 2.55. The minimum absolute atomic E-state index is 0.0218. The summed E-state index contributed by atoms with van der Waals surface area (Å²) in [4.78, 5) is 23.9. The van der Waals surface area contributed by atoms with E-state index in [-0.39, 0.29) is 41.5 Å². The Morgan fingerprint density at radius 1 is 1.09 bits per heavy atom. The minimum atomic E-state index is -1.20. The fourth-order valence-corrected chi connectivity index (χ4v) is 5.82. The normalized spacial score (nSPS) is 27.6. The number of carbonyl (C=O) groups is 2. The summed E-state index contributed by atoms with van der Waals surface area (Å²) in [6.07, 6.45) is 7.89. The van der Waals surface area contributed by atoms with Crippen molar-refractivity contribution < 1.29 is 28.6 Å². The predicted molar refractivity (Wildman–Crippen MR) is 126 cm³/mol. The molecule has 2 amide bonds. The molecule has 5 rings (SSSR count). The fourth-order valence-electron chi connectivity index (χ4n) is 5.82. The zero-order valence-corrected chi connectivity index (χ0v) is 19.6. The molecule has 1 aromatic carbocycles. The molecule has 7 nitrogen and oxygen atoms in total. The molecule has 34 heavy (non-hydrogen) atoms. The first-order valence-corrected chi connectivity index (χ1v) is 12.3. The number of halogens is 1. The van der Waals surface area contributed by atoms with Gasteiger partial charge in [0.25, 0.3) is 0 Å². The molecule has 8 heteroatoms. The van der Waals surface area contributed by atoms with E-state index in [2.05, 4.69) is 22.8 Å². The lowest BCUT2D eigenvalue weighted by Gasteiger charge is -2.43. The minimum Gasteiger partial charge on any atom is -0.489 e. The Morgan fingerprint density at radius 2 is 1.79 bits per heavy atom. The van der Waals surface area contributed by atoms with Crippen LogP contribution in [0.4, 0.5) is 9.18 Å². The van der Waals surface area contributed by atoms with Crippen molar-refractivity contribution in [3.8, 4) is 5.75 Å². The van der Waals surface area contributed by atoms with Gasteiger partial charge in [-0.15, -0.1) is 0 Å². The van der Waals surface area contributed by atoms with Crippen LogP contribution in [0.25, 0.3) is 0 Å². The van der Waals surface area contributed by atoms with Crippen molar-refractivity contribution in [3.05, 3.63) is 41.7 Å². The van der Waals surface area contributed by atoms with Crippen LogP contribution in [0.5, 0.6) is 5.75 Å². The molecule has 3 N–H and O–H groups in total. The summed E-state index contributed by atoms with van der Waals surface area (Å²) in [5.74, 6) is 0.859. The molecule has 2 bridgehead atoms. The summed E-state index contributed by atoms with van der Waals surface area (Å²) in [5, 5.41) is 14.1. The molecule has 0 aromatic heterocycles. The van der Waals surface area contributed by atoms with Crippen molar-refractivity contribution in [2.45, 2.75) is 69.2 Å². The van der Waals surface area contributed by atoms with E-state index in [1.807, 2.05) is 12.1 Å². The Bertz CT molecular complexity index is 887. The molecule has 1 aromatic rings. The number of hydrogen-bond acceptors (Lipinski definition) is 4. The molecule has 4 fully saturated rings. The highest BCUT2D eigenvalue weighted by atomic mass is 19.1. The van der Waals surface area contributed by atoms with Crippen LogP contribution in [0.3, 0.4) is 0 Å². The summed E-state index contributed by atoms with van der Waals surface area (Å²) >= 11 is 0. The summed E-state index contributed by atoms with van der Waals surface area (Å²) in [6, 6.07) is 8.21. The second kappa shape index (κ2) is 10.8. The third kappa shape index (κ3) is 5.54. The van der Waals surface area contributed by atoms with Gasteiger partial charge in [0, 0.05) is 36.8 Å². The number of benzene rings is 1. The molecule has 3 saturated carbocycles. The van der Waals surface area contributed by atoms with Crippen LogP contribution in [0.15, 0.2) is 36.2 Å². The van der Waals surface area contributed by atoms with E-state index in [1.54, 1.807) is 0 Å². The van der Waals surface area contributed by atoms with E-state index in [0.717, 1.165) is 71.0 Å². The zero-order chi connectivity index (χ0) is 24.0. The second-order valence-electron chi connectivity index (χ2n) is 10.0. The molecule has 1 heterocycles. The molecular formula is C26H35FN2O5. The number of nitrogens with one attached hydrogen (secondary N) is 2. The van der Waals surface area contributed by atoms with Crippen LogP contribution < -0.4 is 15.4 Å². The van der Waals surface area contributed by atoms with Crippen molar-refractivity contribution >= 4 is 12.0 Å². The molecular weight excluding hydrogens is 439 g/mol. The van der Waals surface area contributed by atoms with Crippen molar-refractivity contribution in [3.63, 3.8) is 0 Å². The van der Waals surface area contributed by atoms with Gasteiger partial charge in [-0.05, 0) is 74.5 Å². The van der Waals surface area contributed by atoms with Crippen molar-refractivity contribution in [1.82, 2.24) is 10.6 Å². The molecule has 0 spiro atoms. The maximum Gasteiger partial charge on any atom is 0.404 e. The first kappa shape index (κ1) is 24.5. The van der Waals surface area contributed by atoms with Gasteiger partial charge in [0.05, 0.1) is 6.33 Å². The molecule has 186 valence electrons. The van der Waals surface area contributed by atoms with Crippen molar-refractivity contribution in [2.24, 2.45) is 5.41 Å². The number of amides is 2. The Labute approximate surface area is 200 Å². The van der Waals surface area contributed by atoms with Gasteiger partial charge in [0.2, 0.25) is 5.91 Å². The standard InChI is InChI=1S/C26H35FN2O5/c27-16-19(17-28-24(31)32)18-34-22-4-2-20(3-5-22)25-8-1-9-26(12-10-25,13-11-25)23(30)29-21-6-14-33-15-7-21/h2-5,16,21,28H,1,6-15,17-18H2,(H,29,30)(H,31,32)/b19-16-. The van der Waals surface area contributed by atoms with Crippen molar-refractivity contribution in [1.29, 1.82) is 0 Å². The molecule has 1 saturated heterocycles. The van der Waals surface area contributed by atoms with Crippen LogP contribution in [-0.4, -0.2) is 49.5 Å². The predicted octanol–water partition coefficient (Wildman–Crippen LogP) is 4.46. The van der Waals surface area contributed by atoms with Gasteiger partial charge >= 0.3 is 6.09 Å². The number of hydrogen-bond donors (Lipinski definition) is 3. The first-order valence-electron chi connectivity index (χ1n) is 12.3. The SMILES string of the molecule is O=C(O)NC/C(=C/F)COc1ccc(C23CCCC(C(=O)NC4CCOCC4)(CC2)CC3)cc1. The van der Waals surface area contributed by atoms with Gasteiger partial charge in [-0.1, -0.05) is 18.6 Å². The summed E-state index contributed by atoms with van der Waals surface area (Å²) in [5.41, 5.74) is 1.35.